The molecule has 0 radical (unpaired) electrons. The monoisotopic (exact) mass is 533 g/mol. The largest absolute Gasteiger partial charge is 0.443 e. The van der Waals surface area contributed by atoms with Crippen LogP contribution in [0.15, 0.2) is 33.8 Å². The van der Waals surface area contributed by atoms with Crippen LogP contribution in [0.1, 0.15) is 44.4 Å². The van der Waals surface area contributed by atoms with Crippen LogP contribution in [0.4, 0.5) is 5.69 Å². The molecule has 0 fully saturated rings. The number of anilines is 1. The lowest BCUT2D eigenvalue weighted by atomic mass is 9.94. The van der Waals surface area contributed by atoms with Crippen molar-refractivity contribution in [1.82, 2.24) is 15.6 Å². The summed E-state index contributed by atoms with van der Waals surface area (Å²) in [7, 11) is 1.67. The molecular weight excluding hydrogens is 505 g/mol. The number of rotatable bonds is 6. The van der Waals surface area contributed by atoms with Crippen molar-refractivity contribution in [1.29, 1.82) is 0 Å². The Kier molecular flexibility index (Phi) is 9.91. The van der Waals surface area contributed by atoms with Crippen molar-refractivity contribution < 1.29 is 9.21 Å². The summed E-state index contributed by atoms with van der Waals surface area (Å²) in [5, 5.41) is 9.72. The second-order valence-corrected chi connectivity index (χ2v) is 7.84. The fourth-order valence-electron chi connectivity index (χ4n) is 2.37. The molecule has 2 rings (SSSR count). The van der Waals surface area contributed by atoms with E-state index in [9.17, 15) is 4.79 Å². The standard InChI is InChI=1S/C20H28ClN5O2.HI/c1-13-14(21)7-6-8-15(13)26-17(27)9-10-23-19(22-5)25-12-18-24-11-16(28-18)20(2,3)4;/h6-8,11H,9-10,12H2,1-5H3,(H,26,27)(H2,22,23,25);1H. The molecule has 0 spiro atoms. The zero-order valence-corrected chi connectivity index (χ0v) is 20.5. The molecule has 0 aliphatic carbocycles. The first-order valence-corrected chi connectivity index (χ1v) is 9.53. The summed E-state index contributed by atoms with van der Waals surface area (Å²) in [4.78, 5) is 20.6. The van der Waals surface area contributed by atoms with Crippen LogP contribution in [-0.4, -0.2) is 30.4 Å². The second kappa shape index (κ2) is 11.4. The number of hydrogen-bond donors (Lipinski definition) is 3. The lowest BCUT2D eigenvalue weighted by Gasteiger charge is -2.13. The van der Waals surface area contributed by atoms with E-state index in [0.717, 1.165) is 17.0 Å². The number of oxazole rings is 1. The highest BCUT2D eigenvalue weighted by molar-refractivity contribution is 14.0. The van der Waals surface area contributed by atoms with Crippen molar-refractivity contribution in [2.45, 2.75) is 46.1 Å². The van der Waals surface area contributed by atoms with Crippen LogP contribution in [0.5, 0.6) is 0 Å². The molecule has 0 saturated carbocycles. The summed E-state index contributed by atoms with van der Waals surface area (Å²) in [6.07, 6.45) is 2.04. The van der Waals surface area contributed by atoms with Gasteiger partial charge in [-0.1, -0.05) is 38.4 Å². The van der Waals surface area contributed by atoms with Crippen LogP contribution >= 0.6 is 35.6 Å². The number of nitrogens with zero attached hydrogens (tertiary/aromatic N) is 2. The van der Waals surface area contributed by atoms with Crippen molar-refractivity contribution in [3.05, 3.63) is 46.6 Å². The molecule has 1 heterocycles. The summed E-state index contributed by atoms with van der Waals surface area (Å²) in [5.41, 5.74) is 1.49. The average Bonchev–Trinajstić information content (AvgIpc) is 3.11. The molecule has 1 amide bonds. The predicted octanol–water partition coefficient (Wildman–Crippen LogP) is 4.25. The maximum atomic E-state index is 12.1. The van der Waals surface area contributed by atoms with Gasteiger partial charge in [-0.25, -0.2) is 4.98 Å². The van der Waals surface area contributed by atoms with Gasteiger partial charge in [0.2, 0.25) is 11.8 Å². The minimum Gasteiger partial charge on any atom is -0.443 e. The van der Waals surface area contributed by atoms with Gasteiger partial charge < -0.3 is 20.4 Å². The SMILES string of the molecule is CN=C(NCCC(=O)Nc1cccc(Cl)c1C)NCc1ncc(C(C)(C)C)o1.I. The molecule has 0 aliphatic rings. The summed E-state index contributed by atoms with van der Waals surface area (Å²) in [6.45, 7) is 8.92. The van der Waals surface area contributed by atoms with E-state index in [1.54, 1.807) is 19.3 Å². The number of aromatic nitrogens is 1. The van der Waals surface area contributed by atoms with Gasteiger partial charge in [-0.15, -0.1) is 24.0 Å². The summed E-state index contributed by atoms with van der Waals surface area (Å²) in [6, 6.07) is 5.43. The van der Waals surface area contributed by atoms with Crippen LogP contribution in [0.2, 0.25) is 5.02 Å². The van der Waals surface area contributed by atoms with Crippen molar-refractivity contribution in [3.63, 3.8) is 0 Å². The molecule has 3 N–H and O–H groups in total. The molecular formula is C20H29ClIN5O2. The molecule has 160 valence electrons. The van der Waals surface area contributed by atoms with Crippen molar-refractivity contribution in [2.24, 2.45) is 4.99 Å². The molecule has 0 aliphatic heterocycles. The Bertz CT molecular complexity index is 846. The van der Waals surface area contributed by atoms with E-state index >= 15 is 0 Å². The number of aliphatic imine (C=N–C) groups is 1. The van der Waals surface area contributed by atoms with Crippen LogP contribution < -0.4 is 16.0 Å². The highest BCUT2D eigenvalue weighted by Gasteiger charge is 2.19. The van der Waals surface area contributed by atoms with Gasteiger partial charge in [-0.2, -0.15) is 0 Å². The van der Waals surface area contributed by atoms with E-state index in [4.69, 9.17) is 16.0 Å². The molecule has 2 aromatic rings. The molecule has 29 heavy (non-hydrogen) atoms. The van der Waals surface area contributed by atoms with Gasteiger partial charge in [0.25, 0.3) is 0 Å². The Morgan fingerprint density at radius 2 is 2.00 bits per heavy atom. The zero-order chi connectivity index (χ0) is 20.7. The third-order valence-electron chi connectivity index (χ3n) is 4.11. The van der Waals surface area contributed by atoms with Crippen LogP contribution in [0.25, 0.3) is 0 Å². The number of benzene rings is 1. The third-order valence-corrected chi connectivity index (χ3v) is 4.52. The van der Waals surface area contributed by atoms with Gasteiger partial charge >= 0.3 is 0 Å². The average molecular weight is 534 g/mol. The number of hydrogen-bond acceptors (Lipinski definition) is 4. The van der Waals surface area contributed by atoms with E-state index in [2.05, 4.69) is 46.7 Å². The molecule has 7 nitrogen and oxygen atoms in total. The topological polar surface area (TPSA) is 91.5 Å². The van der Waals surface area contributed by atoms with Crippen molar-refractivity contribution in [2.75, 3.05) is 18.9 Å². The Hall–Kier alpha value is -1.81. The van der Waals surface area contributed by atoms with Gasteiger partial charge in [0.15, 0.2) is 5.96 Å². The van der Waals surface area contributed by atoms with Gasteiger partial charge in [-0.05, 0) is 24.6 Å². The highest BCUT2D eigenvalue weighted by atomic mass is 127. The fourth-order valence-corrected chi connectivity index (χ4v) is 2.54. The second-order valence-electron chi connectivity index (χ2n) is 7.43. The van der Waals surface area contributed by atoms with E-state index in [0.29, 0.717) is 36.4 Å². The van der Waals surface area contributed by atoms with Gasteiger partial charge in [0, 0.05) is 36.1 Å². The van der Waals surface area contributed by atoms with E-state index < -0.39 is 0 Å². The molecule has 1 aromatic heterocycles. The minimum absolute atomic E-state index is 0. The molecule has 0 atom stereocenters. The van der Waals surface area contributed by atoms with E-state index in [1.807, 2.05) is 19.1 Å². The van der Waals surface area contributed by atoms with Crippen LogP contribution in [-0.2, 0) is 16.8 Å². The quantitative estimate of drug-likeness (QED) is 0.293. The van der Waals surface area contributed by atoms with Gasteiger partial charge in [-0.3, -0.25) is 9.79 Å². The summed E-state index contributed by atoms with van der Waals surface area (Å²) < 4.78 is 5.74. The first kappa shape index (κ1) is 25.2. The van der Waals surface area contributed by atoms with Crippen LogP contribution in [0, 0.1) is 6.92 Å². The normalized spacial score (nSPS) is 11.6. The molecule has 0 unspecified atom stereocenters. The maximum Gasteiger partial charge on any atom is 0.226 e. The predicted molar refractivity (Wildman–Crippen MR) is 128 cm³/mol. The molecule has 0 saturated heterocycles. The number of carbonyl (C=O) groups is 1. The Morgan fingerprint density at radius 3 is 2.62 bits per heavy atom. The molecule has 0 bridgehead atoms. The maximum absolute atomic E-state index is 12.1. The van der Waals surface area contributed by atoms with E-state index in [1.165, 1.54) is 0 Å². The fraction of sp³-hybridized carbons (Fsp3) is 0.450. The zero-order valence-electron chi connectivity index (χ0n) is 17.4. The lowest BCUT2D eigenvalue weighted by molar-refractivity contribution is -0.116. The number of guanidine groups is 1. The smallest absolute Gasteiger partial charge is 0.226 e. The van der Waals surface area contributed by atoms with Crippen LogP contribution in [0.3, 0.4) is 0 Å². The third kappa shape index (κ3) is 7.85. The van der Waals surface area contributed by atoms with Crippen molar-refractivity contribution >= 4 is 53.1 Å². The number of nitrogens with one attached hydrogen (secondary N) is 3. The van der Waals surface area contributed by atoms with E-state index in [-0.39, 0.29) is 35.3 Å². The van der Waals surface area contributed by atoms with Gasteiger partial charge in [0.1, 0.15) is 5.76 Å². The Labute approximate surface area is 194 Å². The molecule has 9 heteroatoms. The summed E-state index contributed by atoms with van der Waals surface area (Å²) in [5.74, 6) is 1.89. The summed E-state index contributed by atoms with van der Waals surface area (Å²) >= 11 is 6.07. The molecule has 1 aromatic carbocycles. The number of amides is 1. The van der Waals surface area contributed by atoms with Gasteiger partial charge in [0.05, 0.1) is 12.7 Å². The first-order chi connectivity index (χ1) is 13.2. The minimum atomic E-state index is -0.101. The number of carbonyl (C=O) groups excluding carboxylic acids is 1. The first-order valence-electron chi connectivity index (χ1n) is 9.15. The number of halogens is 2. The highest BCUT2D eigenvalue weighted by Crippen LogP contribution is 2.23. The Balaban J connectivity index is 0.00000420. The Morgan fingerprint density at radius 1 is 1.28 bits per heavy atom. The lowest BCUT2D eigenvalue weighted by Crippen LogP contribution is -2.38. The van der Waals surface area contributed by atoms with Crippen molar-refractivity contribution in [3.8, 4) is 0 Å².